The SMILES string of the molecule is CCCCCCCCC/C=C\CCCCCCCCCC(=O)OCCCCCCCCCCCCCCCCCCCCCCCC(=O)NC(CO)C(O)/C=C/CCCCCCCCCCCCCCCCCCCCCCC. The molecule has 0 aromatic carbocycles. The van der Waals surface area contributed by atoms with Crippen molar-refractivity contribution < 1.29 is 24.5 Å². The van der Waals surface area contributed by atoms with Crippen LogP contribution >= 0.6 is 0 Å². The Balaban J connectivity index is 3.40. The normalized spacial score (nSPS) is 12.6. The van der Waals surface area contributed by atoms with Gasteiger partial charge in [-0.2, -0.15) is 0 Å². The molecule has 2 unspecified atom stereocenters. The van der Waals surface area contributed by atoms with Gasteiger partial charge < -0.3 is 20.3 Å². The molecule has 0 bridgehead atoms. The van der Waals surface area contributed by atoms with Gasteiger partial charge in [-0.05, 0) is 57.8 Å². The summed E-state index contributed by atoms with van der Waals surface area (Å²) in [5, 5.41) is 23.3. The van der Waals surface area contributed by atoms with Crippen molar-refractivity contribution in [2.75, 3.05) is 13.2 Å². The van der Waals surface area contributed by atoms with Crippen LogP contribution in [0.1, 0.15) is 406 Å². The summed E-state index contributed by atoms with van der Waals surface area (Å²) in [6.07, 6.45) is 86.8. The molecule has 468 valence electrons. The maximum absolute atomic E-state index is 12.5. The van der Waals surface area contributed by atoms with E-state index in [1.807, 2.05) is 6.08 Å². The van der Waals surface area contributed by atoms with Gasteiger partial charge in [-0.3, -0.25) is 9.59 Å². The number of hydrogen-bond donors (Lipinski definition) is 3. The maximum Gasteiger partial charge on any atom is 0.305 e. The summed E-state index contributed by atoms with van der Waals surface area (Å²) in [6, 6.07) is -0.630. The van der Waals surface area contributed by atoms with E-state index in [2.05, 4.69) is 31.3 Å². The van der Waals surface area contributed by atoms with Crippen LogP contribution in [0.4, 0.5) is 0 Å². The molecule has 0 aliphatic carbocycles. The Morgan fingerprint density at radius 1 is 0.342 bits per heavy atom. The number of carbonyl (C=O) groups excluding carboxylic acids is 2. The molecule has 3 N–H and O–H groups in total. The van der Waals surface area contributed by atoms with E-state index in [0.29, 0.717) is 19.4 Å². The summed E-state index contributed by atoms with van der Waals surface area (Å²) in [5.74, 6) is -0.0549. The van der Waals surface area contributed by atoms with Crippen molar-refractivity contribution in [3.05, 3.63) is 24.3 Å². The van der Waals surface area contributed by atoms with Crippen molar-refractivity contribution in [1.29, 1.82) is 0 Å². The summed E-state index contributed by atoms with van der Waals surface area (Å²) in [4.78, 5) is 24.6. The van der Waals surface area contributed by atoms with E-state index in [1.165, 1.54) is 334 Å². The molecule has 79 heavy (non-hydrogen) atoms. The molecule has 0 radical (unpaired) electrons. The zero-order chi connectivity index (χ0) is 57.1. The van der Waals surface area contributed by atoms with Crippen LogP contribution < -0.4 is 5.32 Å². The van der Waals surface area contributed by atoms with Crippen molar-refractivity contribution in [2.45, 2.75) is 418 Å². The van der Waals surface area contributed by atoms with Gasteiger partial charge in [-0.15, -0.1) is 0 Å². The fraction of sp³-hybridized carbons (Fsp3) is 0.918. The van der Waals surface area contributed by atoms with Gasteiger partial charge in [0, 0.05) is 12.8 Å². The second-order valence-corrected chi connectivity index (χ2v) is 24.9. The molecule has 6 heteroatoms. The number of carbonyl (C=O) groups is 2. The first kappa shape index (κ1) is 77.3. The highest BCUT2D eigenvalue weighted by Crippen LogP contribution is 2.19. The maximum atomic E-state index is 12.5. The summed E-state index contributed by atoms with van der Waals surface area (Å²) in [7, 11) is 0. The smallest absolute Gasteiger partial charge is 0.305 e. The summed E-state index contributed by atoms with van der Waals surface area (Å²) >= 11 is 0. The van der Waals surface area contributed by atoms with Gasteiger partial charge in [0.1, 0.15) is 0 Å². The van der Waals surface area contributed by atoms with Gasteiger partial charge >= 0.3 is 5.97 Å². The number of rotatable bonds is 68. The van der Waals surface area contributed by atoms with Crippen LogP contribution in [0, 0.1) is 0 Å². The standard InChI is InChI=1S/C73H141NO5/c1-3-5-7-9-11-13-15-17-19-21-23-24-25-27-30-33-37-41-45-49-53-57-61-65-71(76)70(69-75)74-72(77)66-62-58-54-50-46-42-38-34-31-28-26-29-32-36-40-44-48-52-56-60-64-68-79-73(78)67-63-59-55-51-47-43-39-35-22-20-18-16-14-12-10-8-6-4-2/h20,22,61,65,70-71,75-76H,3-19,21,23-60,62-64,66-69H2,1-2H3,(H,74,77)/b22-20-,65-61+. The lowest BCUT2D eigenvalue weighted by Crippen LogP contribution is -2.45. The van der Waals surface area contributed by atoms with E-state index in [1.54, 1.807) is 6.08 Å². The Morgan fingerprint density at radius 2 is 0.595 bits per heavy atom. The molecular formula is C73H141NO5. The first-order valence-electron chi connectivity index (χ1n) is 36.1. The number of unbranched alkanes of at least 4 members (excludes halogenated alkanes) is 55. The average Bonchev–Trinajstić information content (AvgIpc) is 3.45. The first-order chi connectivity index (χ1) is 39.0. The lowest BCUT2D eigenvalue weighted by Gasteiger charge is -2.20. The Morgan fingerprint density at radius 3 is 0.899 bits per heavy atom. The highest BCUT2D eigenvalue weighted by Gasteiger charge is 2.18. The van der Waals surface area contributed by atoms with E-state index in [4.69, 9.17) is 4.74 Å². The number of nitrogens with one attached hydrogen (secondary N) is 1. The molecule has 0 aliphatic rings. The summed E-state index contributed by atoms with van der Waals surface area (Å²) in [6.45, 7) is 4.94. The first-order valence-corrected chi connectivity index (χ1v) is 36.1. The largest absolute Gasteiger partial charge is 0.466 e. The molecule has 0 saturated heterocycles. The number of hydrogen-bond acceptors (Lipinski definition) is 5. The van der Waals surface area contributed by atoms with E-state index < -0.39 is 12.1 Å². The lowest BCUT2D eigenvalue weighted by molar-refractivity contribution is -0.143. The minimum atomic E-state index is -0.847. The average molecular weight is 1110 g/mol. The molecule has 2 atom stereocenters. The number of allylic oxidation sites excluding steroid dienone is 3. The third-order valence-corrected chi connectivity index (χ3v) is 17.0. The molecule has 1 amide bonds. The zero-order valence-electron chi connectivity index (χ0n) is 53.6. The molecule has 0 heterocycles. The zero-order valence-corrected chi connectivity index (χ0v) is 53.6. The highest BCUT2D eigenvalue weighted by molar-refractivity contribution is 5.76. The van der Waals surface area contributed by atoms with Gasteiger partial charge in [-0.25, -0.2) is 0 Å². The van der Waals surface area contributed by atoms with Crippen LogP contribution in [0.3, 0.4) is 0 Å². The van der Waals surface area contributed by atoms with Gasteiger partial charge in [-0.1, -0.05) is 359 Å². The minimum Gasteiger partial charge on any atom is -0.466 e. The number of amides is 1. The fourth-order valence-corrected chi connectivity index (χ4v) is 11.5. The molecular weight excluding hydrogens is 971 g/mol. The minimum absolute atomic E-state index is 0.00956. The molecule has 0 spiro atoms. The second-order valence-electron chi connectivity index (χ2n) is 24.9. The molecule has 0 rings (SSSR count). The van der Waals surface area contributed by atoms with Gasteiger partial charge in [0.25, 0.3) is 0 Å². The molecule has 0 aromatic rings. The van der Waals surface area contributed by atoms with Crippen molar-refractivity contribution in [1.82, 2.24) is 5.32 Å². The third-order valence-electron chi connectivity index (χ3n) is 17.0. The Kier molecular flexibility index (Phi) is 67.4. The van der Waals surface area contributed by atoms with Crippen LogP contribution in [-0.2, 0) is 14.3 Å². The molecule has 0 aliphatic heterocycles. The number of aliphatic hydroxyl groups excluding tert-OH is 2. The summed E-state index contributed by atoms with van der Waals surface area (Å²) < 4.78 is 5.50. The van der Waals surface area contributed by atoms with Crippen LogP contribution in [-0.4, -0.2) is 47.4 Å². The van der Waals surface area contributed by atoms with Crippen LogP contribution in [0.2, 0.25) is 0 Å². The Hall–Kier alpha value is -1.66. The monoisotopic (exact) mass is 1110 g/mol. The highest BCUT2D eigenvalue weighted by atomic mass is 16.5. The van der Waals surface area contributed by atoms with Crippen molar-refractivity contribution >= 4 is 11.9 Å². The second kappa shape index (κ2) is 68.8. The fourth-order valence-electron chi connectivity index (χ4n) is 11.5. The third kappa shape index (κ3) is 65.4. The summed E-state index contributed by atoms with van der Waals surface area (Å²) in [5.41, 5.74) is 0. The molecule has 0 aromatic heterocycles. The Bertz CT molecular complexity index is 1230. The van der Waals surface area contributed by atoms with Crippen LogP contribution in [0.5, 0.6) is 0 Å². The van der Waals surface area contributed by atoms with Gasteiger partial charge in [0.15, 0.2) is 0 Å². The van der Waals surface area contributed by atoms with Crippen molar-refractivity contribution in [2.24, 2.45) is 0 Å². The van der Waals surface area contributed by atoms with E-state index >= 15 is 0 Å². The number of esters is 1. The molecule has 0 saturated carbocycles. The van der Waals surface area contributed by atoms with Crippen LogP contribution in [0.25, 0.3) is 0 Å². The molecule has 0 fully saturated rings. The molecule has 6 nitrogen and oxygen atoms in total. The quantitative estimate of drug-likeness (QED) is 0.0320. The predicted molar refractivity (Wildman–Crippen MR) is 347 cm³/mol. The van der Waals surface area contributed by atoms with Gasteiger partial charge in [0.05, 0.1) is 25.4 Å². The number of aliphatic hydroxyl groups is 2. The topological polar surface area (TPSA) is 95.9 Å². The Labute approximate surface area is 494 Å². The van der Waals surface area contributed by atoms with Gasteiger partial charge in [0.2, 0.25) is 5.91 Å². The lowest BCUT2D eigenvalue weighted by atomic mass is 10.0. The number of ether oxygens (including phenoxy) is 1. The van der Waals surface area contributed by atoms with Crippen LogP contribution in [0.15, 0.2) is 24.3 Å². The van der Waals surface area contributed by atoms with E-state index in [9.17, 15) is 19.8 Å². The van der Waals surface area contributed by atoms with Crippen molar-refractivity contribution in [3.8, 4) is 0 Å². The van der Waals surface area contributed by atoms with E-state index in [-0.39, 0.29) is 18.5 Å². The van der Waals surface area contributed by atoms with Crippen molar-refractivity contribution in [3.63, 3.8) is 0 Å². The van der Waals surface area contributed by atoms with E-state index in [0.717, 1.165) is 44.9 Å². The predicted octanol–water partition coefficient (Wildman–Crippen LogP) is 23.3.